The fourth-order valence-corrected chi connectivity index (χ4v) is 2.25. The van der Waals surface area contributed by atoms with Crippen molar-refractivity contribution in [3.8, 4) is 5.75 Å². The predicted molar refractivity (Wildman–Crippen MR) is 73.7 cm³/mol. The summed E-state index contributed by atoms with van der Waals surface area (Å²) < 4.78 is 5.63. The van der Waals surface area contributed by atoms with Gasteiger partial charge in [0.15, 0.2) is 0 Å². The summed E-state index contributed by atoms with van der Waals surface area (Å²) >= 11 is 0. The van der Waals surface area contributed by atoms with Crippen molar-refractivity contribution in [3.63, 3.8) is 0 Å². The number of pyridine rings is 1. The molecule has 102 valence electrons. The molecule has 1 N–H and O–H groups in total. The molecule has 3 heteroatoms. The second kappa shape index (κ2) is 6.74. The van der Waals surface area contributed by atoms with Gasteiger partial charge in [0.25, 0.3) is 0 Å². The molecule has 1 rings (SSSR count). The van der Waals surface area contributed by atoms with Crippen LogP contribution in [0.4, 0.5) is 0 Å². The maximum atomic E-state index is 10.7. The third kappa shape index (κ3) is 3.98. The summed E-state index contributed by atoms with van der Waals surface area (Å²) in [7, 11) is 0. The van der Waals surface area contributed by atoms with Crippen molar-refractivity contribution in [1.82, 2.24) is 4.98 Å². The van der Waals surface area contributed by atoms with Crippen LogP contribution in [0.15, 0.2) is 18.5 Å². The van der Waals surface area contributed by atoms with Gasteiger partial charge in [-0.2, -0.15) is 0 Å². The lowest BCUT2D eigenvalue weighted by Gasteiger charge is -2.28. The molecule has 0 aromatic carbocycles. The maximum absolute atomic E-state index is 10.7. The Labute approximate surface area is 110 Å². The molecule has 0 radical (unpaired) electrons. The molecule has 0 spiro atoms. The van der Waals surface area contributed by atoms with Crippen molar-refractivity contribution in [1.29, 1.82) is 0 Å². The SMILES string of the molecule is CCCC(O)(CCC)c1cncc(OC(C)C)c1. The molecule has 0 aliphatic rings. The van der Waals surface area contributed by atoms with E-state index in [0.29, 0.717) is 0 Å². The molecule has 0 aliphatic heterocycles. The lowest BCUT2D eigenvalue weighted by molar-refractivity contribution is 0.0163. The highest BCUT2D eigenvalue weighted by Crippen LogP contribution is 2.32. The number of nitrogens with zero attached hydrogens (tertiary/aromatic N) is 1. The first-order chi connectivity index (χ1) is 8.51. The minimum absolute atomic E-state index is 0.118. The van der Waals surface area contributed by atoms with E-state index in [2.05, 4.69) is 18.8 Å². The fourth-order valence-electron chi connectivity index (χ4n) is 2.25. The molecule has 1 aromatic rings. The zero-order valence-electron chi connectivity index (χ0n) is 11.9. The molecule has 0 bridgehead atoms. The number of hydrogen-bond acceptors (Lipinski definition) is 3. The summed E-state index contributed by atoms with van der Waals surface area (Å²) in [5, 5.41) is 10.7. The van der Waals surface area contributed by atoms with Crippen molar-refractivity contribution in [2.24, 2.45) is 0 Å². The molecule has 3 nitrogen and oxygen atoms in total. The highest BCUT2D eigenvalue weighted by atomic mass is 16.5. The van der Waals surface area contributed by atoms with Crippen LogP contribution in [-0.2, 0) is 5.60 Å². The van der Waals surface area contributed by atoms with E-state index in [0.717, 1.165) is 37.0 Å². The van der Waals surface area contributed by atoms with Crippen LogP contribution in [0.5, 0.6) is 5.75 Å². The maximum Gasteiger partial charge on any atom is 0.138 e. The van der Waals surface area contributed by atoms with E-state index < -0.39 is 5.60 Å². The molecule has 1 heterocycles. The van der Waals surface area contributed by atoms with Gasteiger partial charge in [0.2, 0.25) is 0 Å². The Balaban J connectivity index is 2.97. The van der Waals surface area contributed by atoms with Gasteiger partial charge in [0.05, 0.1) is 17.9 Å². The van der Waals surface area contributed by atoms with E-state index >= 15 is 0 Å². The van der Waals surface area contributed by atoms with Crippen molar-refractivity contribution in [2.75, 3.05) is 0 Å². The van der Waals surface area contributed by atoms with Gasteiger partial charge in [-0.1, -0.05) is 26.7 Å². The molecular weight excluding hydrogens is 226 g/mol. The van der Waals surface area contributed by atoms with Crippen molar-refractivity contribution >= 4 is 0 Å². The van der Waals surface area contributed by atoms with Crippen LogP contribution in [0.1, 0.15) is 58.9 Å². The molecule has 1 aromatic heterocycles. The van der Waals surface area contributed by atoms with E-state index in [1.165, 1.54) is 0 Å². The first kappa shape index (κ1) is 15.0. The van der Waals surface area contributed by atoms with Crippen molar-refractivity contribution in [3.05, 3.63) is 24.0 Å². The van der Waals surface area contributed by atoms with Gasteiger partial charge >= 0.3 is 0 Å². The average Bonchev–Trinajstić information content (AvgIpc) is 2.29. The Kier molecular flexibility index (Phi) is 5.60. The van der Waals surface area contributed by atoms with Gasteiger partial charge in [-0.25, -0.2) is 0 Å². The number of ether oxygens (including phenoxy) is 1. The van der Waals surface area contributed by atoms with Crippen LogP contribution in [0.25, 0.3) is 0 Å². The second-order valence-electron chi connectivity index (χ2n) is 5.11. The molecule has 18 heavy (non-hydrogen) atoms. The monoisotopic (exact) mass is 251 g/mol. The average molecular weight is 251 g/mol. The zero-order valence-corrected chi connectivity index (χ0v) is 11.9. The third-order valence-electron chi connectivity index (χ3n) is 2.95. The molecule has 0 atom stereocenters. The van der Waals surface area contributed by atoms with Crippen LogP contribution in [0.2, 0.25) is 0 Å². The van der Waals surface area contributed by atoms with E-state index in [4.69, 9.17) is 4.74 Å². The van der Waals surface area contributed by atoms with Crippen LogP contribution in [0, 0.1) is 0 Å². The summed E-state index contributed by atoms with van der Waals surface area (Å²) in [5.41, 5.74) is 0.0942. The Morgan fingerprint density at radius 3 is 2.33 bits per heavy atom. The second-order valence-corrected chi connectivity index (χ2v) is 5.11. The highest BCUT2D eigenvalue weighted by molar-refractivity contribution is 5.28. The largest absolute Gasteiger partial charge is 0.489 e. The zero-order chi connectivity index (χ0) is 13.6. The normalized spacial score (nSPS) is 11.9. The first-order valence-electron chi connectivity index (χ1n) is 6.86. The van der Waals surface area contributed by atoms with Crippen LogP contribution in [0.3, 0.4) is 0 Å². The Bertz CT molecular complexity index is 357. The summed E-state index contributed by atoms with van der Waals surface area (Å²) in [4.78, 5) is 4.18. The van der Waals surface area contributed by atoms with E-state index in [1.807, 2.05) is 19.9 Å². The Morgan fingerprint density at radius 1 is 1.22 bits per heavy atom. The summed E-state index contributed by atoms with van der Waals surface area (Å²) in [5.74, 6) is 0.730. The van der Waals surface area contributed by atoms with Crippen LogP contribution < -0.4 is 4.74 Å². The van der Waals surface area contributed by atoms with Gasteiger partial charge in [-0.3, -0.25) is 4.98 Å². The van der Waals surface area contributed by atoms with E-state index in [-0.39, 0.29) is 6.10 Å². The highest BCUT2D eigenvalue weighted by Gasteiger charge is 2.28. The molecule has 0 amide bonds. The third-order valence-corrected chi connectivity index (χ3v) is 2.95. The predicted octanol–water partition coefficient (Wildman–Crippen LogP) is 3.66. The lowest BCUT2D eigenvalue weighted by Crippen LogP contribution is -2.25. The Hall–Kier alpha value is -1.09. The van der Waals surface area contributed by atoms with Gasteiger partial charge in [-0.15, -0.1) is 0 Å². The van der Waals surface area contributed by atoms with Gasteiger partial charge in [-0.05, 0) is 32.8 Å². The van der Waals surface area contributed by atoms with E-state index in [9.17, 15) is 5.11 Å². The summed E-state index contributed by atoms with van der Waals surface area (Å²) in [6.07, 6.45) is 6.98. The minimum atomic E-state index is -0.771. The first-order valence-corrected chi connectivity index (χ1v) is 6.86. The number of hydrogen-bond donors (Lipinski definition) is 1. The molecule has 0 fully saturated rings. The van der Waals surface area contributed by atoms with Gasteiger partial charge < -0.3 is 9.84 Å². The summed E-state index contributed by atoms with van der Waals surface area (Å²) in [6, 6.07) is 1.92. The molecular formula is C15H25NO2. The minimum Gasteiger partial charge on any atom is -0.489 e. The fraction of sp³-hybridized carbons (Fsp3) is 0.667. The quantitative estimate of drug-likeness (QED) is 0.804. The standard InChI is InChI=1S/C15H25NO2/c1-5-7-15(17,8-6-2)13-9-14(11-16-10-13)18-12(3)4/h9-12,17H,5-8H2,1-4H3. The molecule has 0 unspecified atom stereocenters. The number of aliphatic hydroxyl groups is 1. The smallest absolute Gasteiger partial charge is 0.138 e. The molecule has 0 saturated carbocycles. The van der Waals surface area contributed by atoms with E-state index in [1.54, 1.807) is 12.4 Å². The van der Waals surface area contributed by atoms with Crippen molar-refractivity contribution < 1.29 is 9.84 Å². The van der Waals surface area contributed by atoms with Gasteiger partial charge in [0, 0.05) is 11.8 Å². The molecule has 0 saturated heterocycles. The number of rotatable bonds is 7. The molecule has 0 aliphatic carbocycles. The topological polar surface area (TPSA) is 42.4 Å². The number of aromatic nitrogens is 1. The Morgan fingerprint density at radius 2 is 1.83 bits per heavy atom. The summed E-state index contributed by atoms with van der Waals surface area (Å²) in [6.45, 7) is 8.14. The van der Waals surface area contributed by atoms with Gasteiger partial charge in [0.1, 0.15) is 5.75 Å². The van der Waals surface area contributed by atoms with Crippen LogP contribution in [-0.4, -0.2) is 16.2 Å². The van der Waals surface area contributed by atoms with Crippen LogP contribution >= 0.6 is 0 Å². The van der Waals surface area contributed by atoms with Crippen molar-refractivity contribution in [2.45, 2.75) is 65.1 Å². The lowest BCUT2D eigenvalue weighted by atomic mass is 9.86.